The smallest absolute Gasteiger partial charge is 0.301 e. The van der Waals surface area contributed by atoms with Gasteiger partial charge in [-0.3, -0.25) is 10.1 Å². The number of nitrogens with zero attached hydrogens (tertiary/aromatic N) is 3. The van der Waals surface area contributed by atoms with Crippen LogP contribution in [0.4, 0.5) is 11.5 Å². The topological polar surface area (TPSA) is 81.0 Å². The molecule has 8 heteroatoms. The maximum absolute atomic E-state index is 11.0. The van der Waals surface area contributed by atoms with Crippen LogP contribution in [0.5, 0.6) is 0 Å². The summed E-state index contributed by atoms with van der Waals surface area (Å²) < 4.78 is 0.850. The van der Waals surface area contributed by atoms with E-state index >= 15 is 0 Å². The van der Waals surface area contributed by atoms with Gasteiger partial charge in [-0.05, 0) is 45.9 Å². The van der Waals surface area contributed by atoms with Gasteiger partial charge in [0.25, 0.3) is 0 Å². The van der Waals surface area contributed by atoms with Gasteiger partial charge in [0.15, 0.2) is 5.03 Å². The Hall–Kier alpha value is -1.67. The van der Waals surface area contributed by atoms with Crippen LogP contribution in [0.15, 0.2) is 45.0 Å². The van der Waals surface area contributed by atoms with Gasteiger partial charge in [0, 0.05) is 23.8 Å². The lowest BCUT2D eigenvalue weighted by Crippen LogP contribution is -1.98. The Balaban J connectivity index is 2.36. The van der Waals surface area contributed by atoms with Gasteiger partial charge < -0.3 is 5.32 Å². The molecule has 2 rings (SSSR count). The molecule has 0 bridgehead atoms. The minimum absolute atomic E-state index is 0.0336. The van der Waals surface area contributed by atoms with Crippen LogP contribution in [-0.2, 0) is 0 Å². The SMILES string of the molecule is CNc1ccc([N+](=O)[O-])c(Sc2ccc(Br)cn2)n1. The van der Waals surface area contributed by atoms with Crippen molar-refractivity contribution in [3.63, 3.8) is 0 Å². The first-order chi connectivity index (χ1) is 9.10. The first-order valence-electron chi connectivity index (χ1n) is 5.23. The van der Waals surface area contributed by atoms with E-state index in [0.717, 1.165) is 16.2 Å². The van der Waals surface area contributed by atoms with Crippen molar-refractivity contribution in [2.45, 2.75) is 10.1 Å². The van der Waals surface area contributed by atoms with E-state index in [2.05, 4.69) is 31.2 Å². The van der Waals surface area contributed by atoms with Gasteiger partial charge in [0.1, 0.15) is 10.8 Å². The fraction of sp³-hybridized carbons (Fsp3) is 0.0909. The van der Waals surface area contributed by atoms with Crippen molar-refractivity contribution in [1.82, 2.24) is 9.97 Å². The summed E-state index contributed by atoms with van der Waals surface area (Å²) in [5.41, 5.74) is -0.0336. The molecule has 2 aromatic rings. The number of aromatic nitrogens is 2. The standard InChI is InChI=1S/C11H9BrN4O2S/c1-13-9-4-3-8(16(17)18)11(15-9)19-10-5-2-7(12)6-14-10/h2-6H,1H3,(H,13,15). The zero-order valence-electron chi connectivity index (χ0n) is 9.83. The zero-order valence-corrected chi connectivity index (χ0v) is 12.2. The van der Waals surface area contributed by atoms with E-state index in [1.807, 2.05) is 6.07 Å². The minimum Gasteiger partial charge on any atom is -0.373 e. The molecule has 0 aliphatic rings. The second kappa shape index (κ2) is 5.98. The fourth-order valence-corrected chi connectivity index (χ4v) is 2.37. The predicted molar refractivity (Wildman–Crippen MR) is 76.5 cm³/mol. The molecule has 0 aromatic carbocycles. The number of halogens is 1. The molecule has 0 aliphatic carbocycles. The summed E-state index contributed by atoms with van der Waals surface area (Å²) in [6, 6.07) is 6.59. The largest absolute Gasteiger partial charge is 0.373 e. The monoisotopic (exact) mass is 340 g/mol. The third-order valence-electron chi connectivity index (χ3n) is 2.19. The molecule has 0 spiro atoms. The summed E-state index contributed by atoms with van der Waals surface area (Å²) in [5, 5.41) is 14.8. The average Bonchev–Trinajstić information content (AvgIpc) is 2.41. The van der Waals surface area contributed by atoms with E-state index < -0.39 is 4.92 Å². The Morgan fingerprint density at radius 3 is 2.74 bits per heavy atom. The third-order valence-corrected chi connectivity index (χ3v) is 3.61. The third kappa shape index (κ3) is 3.42. The van der Waals surface area contributed by atoms with Crippen LogP contribution in [0.25, 0.3) is 0 Å². The maximum Gasteiger partial charge on any atom is 0.301 e. The Bertz CT molecular complexity index is 606. The summed E-state index contributed by atoms with van der Waals surface area (Å²) in [4.78, 5) is 18.9. The van der Waals surface area contributed by atoms with Gasteiger partial charge in [-0.2, -0.15) is 0 Å². The number of nitrogens with one attached hydrogen (secondary N) is 1. The van der Waals surface area contributed by atoms with Crippen molar-refractivity contribution >= 4 is 39.2 Å². The van der Waals surface area contributed by atoms with Crippen LogP contribution in [0, 0.1) is 10.1 Å². The van der Waals surface area contributed by atoms with Gasteiger partial charge in [-0.1, -0.05) is 0 Å². The average molecular weight is 341 g/mol. The van der Waals surface area contributed by atoms with E-state index in [0.29, 0.717) is 15.9 Å². The molecule has 0 atom stereocenters. The summed E-state index contributed by atoms with van der Waals surface area (Å²) in [7, 11) is 1.71. The summed E-state index contributed by atoms with van der Waals surface area (Å²) in [5.74, 6) is 0.574. The lowest BCUT2D eigenvalue weighted by Gasteiger charge is -2.04. The van der Waals surface area contributed by atoms with Gasteiger partial charge >= 0.3 is 5.69 Å². The molecular weight excluding hydrogens is 332 g/mol. The van der Waals surface area contributed by atoms with Crippen LogP contribution >= 0.6 is 27.7 Å². The molecule has 6 nitrogen and oxygen atoms in total. The molecule has 19 heavy (non-hydrogen) atoms. The number of anilines is 1. The highest BCUT2D eigenvalue weighted by Gasteiger charge is 2.17. The Kier molecular flexibility index (Phi) is 4.33. The lowest BCUT2D eigenvalue weighted by molar-refractivity contribution is -0.388. The van der Waals surface area contributed by atoms with Crippen molar-refractivity contribution < 1.29 is 4.92 Å². The Morgan fingerprint density at radius 1 is 1.37 bits per heavy atom. The van der Waals surface area contributed by atoms with Crippen molar-refractivity contribution in [2.24, 2.45) is 0 Å². The minimum atomic E-state index is -0.451. The van der Waals surface area contributed by atoms with Crippen LogP contribution < -0.4 is 5.32 Å². The van der Waals surface area contributed by atoms with Gasteiger partial charge in [0.05, 0.1) is 4.92 Å². The number of rotatable bonds is 4. The van der Waals surface area contributed by atoms with Crippen molar-refractivity contribution in [3.05, 3.63) is 45.0 Å². The molecule has 0 saturated carbocycles. The first kappa shape index (κ1) is 13.8. The van der Waals surface area contributed by atoms with Gasteiger partial charge in [-0.15, -0.1) is 0 Å². The molecule has 0 amide bonds. The normalized spacial score (nSPS) is 10.2. The van der Waals surface area contributed by atoms with E-state index in [4.69, 9.17) is 0 Å². The molecule has 2 heterocycles. The van der Waals surface area contributed by atoms with E-state index in [9.17, 15) is 10.1 Å². The second-order valence-corrected chi connectivity index (χ2v) is 5.37. The number of pyridine rings is 2. The Labute approximate surface area is 121 Å². The quantitative estimate of drug-likeness (QED) is 0.679. The highest BCUT2D eigenvalue weighted by atomic mass is 79.9. The highest BCUT2D eigenvalue weighted by molar-refractivity contribution is 9.10. The number of nitro groups is 1. The second-order valence-electron chi connectivity index (χ2n) is 3.44. The van der Waals surface area contributed by atoms with Gasteiger partial charge in [-0.25, -0.2) is 9.97 Å². The van der Waals surface area contributed by atoms with Crippen LogP contribution in [0.1, 0.15) is 0 Å². The van der Waals surface area contributed by atoms with E-state index in [1.165, 1.54) is 6.07 Å². The van der Waals surface area contributed by atoms with E-state index in [1.54, 1.807) is 25.4 Å². The molecular formula is C11H9BrN4O2S. The lowest BCUT2D eigenvalue weighted by atomic mass is 10.4. The zero-order chi connectivity index (χ0) is 13.8. The predicted octanol–water partition coefficient (Wildman–Crippen LogP) is 3.34. The molecule has 0 unspecified atom stereocenters. The highest BCUT2D eigenvalue weighted by Crippen LogP contribution is 2.33. The molecule has 0 radical (unpaired) electrons. The molecule has 0 fully saturated rings. The summed E-state index contributed by atoms with van der Waals surface area (Å²) in [6.45, 7) is 0. The molecule has 0 saturated heterocycles. The molecule has 98 valence electrons. The Morgan fingerprint density at radius 2 is 2.16 bits per heavy atom. The first-order valence-corrected chi connectivity index (χ1v) is 6.83. The molecule has 0 aliphatic heterocycles. The number of hydrogen-bond donors (Lipinski definition) is 1. The number of hydrogen-bond acceptors (Lipinski definition) is 6. The molecule has 1 N–H and O–H groups in total. The fourth-order valence-electron chi connectivity index (χ4n) is 1.31. The van der Waals surface area contributed by atoms with Crippen LogP contribution in [-0.4, -0.2) is 21.9 Å². The van der Waals surface area contributed by atoms with Crippen molar-refractivity contribution in [3.8, 4) is 0 Å². The van der Waals surface area contributed by atoms with Gasteiger partial charge in [0.2, 0.25) is 0 Å². The van der Waals surface area contributed by atoms with Crippen molar-refractivity contribution in [1.29, 1.82) is 0 Å². The van der Waals surface area contributed by atoms with Crippen molar-refractivity contribution in [2.75, 3.05) is 12.4 Å². The van der Waals surface area contributed by atoms with Crippen LogP contribution in [0.2, 0.25) is 0 Å². The summed E-state index contributed by atoms with van der Waals surface area (Å²) in [6.07, 6.45) is 1.64. The maximum atomic E-state index is 11.0. The summed E-state index contributed by atoms with van der Waals surface area (Å²) >= 11 is 4.44. The van der Waals surface area contributed by atoms with E-state index in [-0.39, 0.29) is 5.69 Å². The molecule has 2 aromatic heterocycles. The van der Waals surface area contributed by atoms with Crippen LogP contribution in [0.3, 0.4) is 0 Å².